The molecule has 0 aromatic heterocycles. The lowest BCUT2D eigenvalue weighted by atomic mass is 10.1. The second-order valence-corrected chi connectivity index (χ2v) is 6.50. The van der Waals surface area contributed by atoms with E-state index in [9.17, 15) is 10.2 Å². The van der Waals surface area contributed by atoms with Gasteiger partial charge >= 0.3 is 0 Å². The molecule has 0 fully saturated rings. The van der Waals surface area contributed by atoms with Crippen molar-refractivity contribution < 1.29 is 10.2 Å². The molecule has 3 aromatic carbocycles. The number of hydrogen-bond donors (Lipinski definition) is 2. The van der Waals surface area contributed by atoms with Gasteiger partial charge in [-0.1, -0.05) is 53.5 Å². The van der Waals surface area contributed by atoms with Gasteiger partial charge in [0.1, 0.15) is 11.5 Å². The van der Waals surface area contributed by atoms with Gasteiger partial charge < -0.3 is 10.2 Å². The number of phenolic OH excluding ortho intramolecular Hbond substituents is 2. The summed E-state index contributed by atoms with van der Waals surface area (Å²) in [6.07, 6.45) is 2.29. The quantitative estimate of drug-likeness (QED) is 0.545. The Morgan fingerprint density at radius 3 is 1.56 bits per heavy atom. The second-order valence-electron chi connectivity index (χ2n) is 5.68. The first kappa shape index (κ1) is 19.0. The predicted molar refractivity (Wildman–Crippen MR) is 111 cm³/mol. The van der Waals surface area contributed by atoms with E-state index >= 15 is 0 Å². The van der Waals surface area contributed by atoms with E-state index in [1.165, 1.54) is 12.4 Å². The van der Waals surface area contributed by atoms with Crippen molar-refractivity contribution in [3.05, 3.63) is 93.5 Å². The topological polar surface area (TPSA) is 65.2 Å². The van der Waals surface area contributed by atoms with E-state index in [0.717, 1.165) is 0 Å². The predicted octanol–water partition coefficient (Wildman–Crippen LogP) is 5.64. The van der Waals surface area contributed by atoms with Crippen molar-refractivity contribution in [2.45, 2.75) is 6.17 Å². The van der Waals surface area contributed by atoms with Gasteiger partial charge in [0.05, 0.1) is 0 Å². The summed E-state index contributed by atoms with van der Waals surface area (Å²) in [7, 11) is 0. The minimum atomic E-state index is -0.745. The van der Waals surface area contributed by atoms with E-state index in [2.05, 4.69) is 9.98 Å². The van der Waals surface area contributed by atoms with Crippen LogP contribution in [0.25, 0.3) is 0 Å². The molecule has 0 aliphatic rings. The molecule has 0 spiro atoms. The summed E-state index contributed by atoms with van der Waals surface area (Å²) in [5.74, 6) is 0.213. The SMILES string of the molecule is Oc1ccccc1/C=N/C(/N=C/c1ccccc1O)c1c(Cl)cccc1Cl. The summed E-state index contributed by atoms with van der Waals surface area (Å²) < 4.78 is 0. The molecule has 0 unspecified atom stereocenters. The molecule has 0 amide bonds. The average molecular weight is 399 g/mol. The van der Waals surface area contributed by atoms with E-state index in [1.807, 2.05) is 0 Å². The molecule has 0 saturated carbocycles. The minimum absolute atomic E-state index is 0.106. The lowest BCUT2D eigenvalue weighted by molar-refractivity contribution is 0.474. The Hall–Kier alpha value is -2.82. The fraction of sp³-hybridized carbons (Fsp3) is 0.0476. The van der Waals surface area contributed by atoms with Crippen molar-refractivity contribution in [3.63, 3.8) is 0 Å². The molecular weight excluding hydrogens is 383 g/mol. The number of benzene rings is 3. The molecule has 2 N–H and O–H groups in total. The summed E-state index contributed by atoms with van der Waals surface area (Å²) >= 11 is 12.6. The van der Waals surface area contributed by atoms with Crippen LogP contribution in [0.2, 0.25) is 10.0 Å². The highest BCUT2D eigenvalue weighted by Gasteiger charge is 2.16. The first-order chi connectivity index (χ1) is 13.1. The van der Waals surface area contributed by atoms with E-state index in [1.54, 1.807) is 66.7 Å². The third kappa shape index (κ3) is 4.67. The van der Waals surface area contributed by atoms with Gasteiger partial charge in [-0.15, -0.1) is 0 Å². The van der Waals surface area contributed by atoms with Crippen LogP contribution in [-0.2, 0) is 0 Å². The molecule has 0 heterocycles. The van der Waals surface area contributed by atoms with Gasteiger partial charge in [0, 0.05) is 39.2 Å². The number of nitrogens with zero attached hydrogens (tertiary/aromatic N) is 2. The molecule has 0 aliphatic carbocycles. The van der Waals surface area contributed by atoms with Crippen LogP contribution in [-0.4, -0.2) is 22.6 Å². The minimum Gasteiger partial charge on any atom is -0.507 e. The average Bonchev–Trinajstić information content (AvgIpc) is 2.65. The van der Waals surface area contributed by atoms with Crippen LogP contribution in [0.3, 0.4) is 0 Å². The molecule has 3 aromatic rings. The van der Waals surface area contributed by atoms with Gasteiger partial charge in [0.15, 0.2) is 6.17 Å². The molecular formula is C21H16Cl2N2O2. The summed E-state index contributed by atoms with van der Waals surface area (Å²) in [4.78, 5) is 8.92. The highest BCUT2D eigenvalue weighted by Crippen LogP contribution is 2.33. The molecule has 0 aliphatic heterocycles. The van der Waals surface area contributed by atoms with Gasteiger partial charge in [-0.05, 0) is 36.4 Å². The standard InChI is InChI=1S/C21H16Cl2N2O2/c22-16-8-5-9-17(23)20(16)21(24-12-14-6-1-3-10-18(14)26)25-13-15-7-2-4-11-19(15)27/h1-13,21,26-27H/b24-12+,25-13+. The normalized spacial score (nSPS) is 11.7. The Balaban J connectivity index is 2.01. The second kappa shape index (κ2) is 8.71. The molecule has 4 nitrogen and oxygen atoms in total. The maximum atomic E-state index is 9.93. The van der Waals surface area contributed by atoms with Crippen molar-refractivity contribution in [2.24, 2.45) is 9.98 Å². The number of halogens is 2. The number of hydrogen-bond acceptors (Lipinski definition) is 4. The van der Waals surface area contributed by atoms with E-state index in [0.29, 0.717) is 26.7 Å². The lowest BCUT2D eigenvalue weighted by Crippen LogP contribution is -1.98. The van der Waals surface area contributed by atoms with Crippen molar-refractivity contribution in [2.75, 3.05) is 0 Å². The lowest BCUT2D eigenvalue weighted by Gasteiger charge is -2.12. The highest BCUT2D eigenvalue weighted by molar-refractivity contribution is 6.36. The van der Waals surface area contributed by atoms with Crippen molar-refractivity contribution in [3.8, 4) is 11.5 Å². The fourth-order valence-corrected chi connectivity index (χ4v) is 3.03. The number of phenols is 2. The van der Waals surface area contributed by atoms with Crippen molar-refractivity contribution >= 4 is 35.6 Å². The van der Waals surface area contributed by atoms with Crippen molar-refractivity contribution in [1.82, 2.24) is 0 Å². The van der Waals surface area contributed by atoms with E-state index in [4.69, 9.17) is 23.2 Å². The Morgan fingerprint density at radius 2 is 1.11 bits per heavy atom. The third-order valence-corrected chi connectivity index (χ3v) is 4.50. The Labute approximate surface area is 167 Å². The van der Waals surface area contributed by atoms with E-state index in [-0.39, 0.29) is 11.5 Å². The van der Waals surface area contributed by atoms with Crippen LogP contribution >= 0.6 is 23.2 Å². The van der Waals surface area contributed by atoms with Crippen LogP contribution < -0.4 is 0 Å². The van der Waals surface area contributed by atoms with Gasteiger partial charge in [-0.3, -0.25) is 9.98 Å². The molecule has 6 heteroatoms. The van der Waals surface area contributed by atoms with Crippen LogP contribution in [0.5, 0.6) is 11.5 Å². The smallest absolute Gasteiger partial charge is 0.167 e. The zero-order valence-electron chi connectivity index (χ0n) is 14.1. The molecule has 3 rings (SSSR count). The fourth-order valence-electron chi connectivity index (χ4n) is 2.44. The largest absolute Gasteiger partial charge is 0.507 e. The maximum absolute atomic E-state index is 9.93. The van der Waals surface area contributed by atoms with Crippen LogP contribution in [0, 0.1) is 0 Å². The Kier molecular flexibility index (Phi) is 6.12. The van der Waals surface area contributed by atoms with Gasteiger partial charge in [-0.25, -0.2) is 0 Å². The first-order valence-corrected chi connectivity index (χ1v) is 8.88. The third-order valence-electron chi connectivity index (χ3n) is 3.84. The van der Waals surface area contributed by atoms with E-state index < -0.39 is 6.17 Å². The number of para-hydroxylation sites is 2. The number of aromatic hydroxyl groups is 2. The molecule has 0 saturated heterocycles. The molecule has 27 heavy (non-hydrogen) atoms. The summed E-state index contributed by atoms with van der Waals surface area (Å²) in [5.41, 5.74) is 1.63. The zero-order chi connectivity index (χ0) is 19.2. The van der Waals surface area contributed by atoms with Crippen LogP contribution in [0.1, 0.15) is 22.9 Å². The molecule has 136 valence electrons. The van der Waals surface area contributed by atoms with Gasteiger partial charge in [0.25, 0.3) is 0 Å². The highest BCUT2D eigenvalue weighted by atomic mass is 35.5. The summed E-state index contributed by atoms with van der Waals surface area (Å²) in [6.45, 7) is 0. The Bertz CT molecular complexity index is 927. The Morgan fingerprint density at radius 1 is 0.667 bits per heavy atom. The molecule has 0 radical (unpaired) electrons. The number of rotatable bonds is 5. The monoisotopic (exact) mass is 398 g/mol. The molecule has 0 bridgehead atoms. The van der Waals surface area contributed by atoms with Crippen LogP contribution in [0.15, 0.2) is 76.7 Å². The molecule has 0 atom stereocenters. The summed E-state index contributed by atoms with van der Waals surface area (Å²) in [6, 6.07) is 18.8. The van der Waals surface area contributed by atoms with Crippen LogP contribution in [0.4, 0.5) is 0 Å². The maximum Gasteiger partial charge on any atom is 0.167 e. The first-order valence-electron chi connectivity index (χ1n) is 8.12. The summed E-state index contributed by atoms with van der Waals surface area (Å²) in [5, 5.41) is 20.7. The van der Waals surface area contributed by atoms with Gasteiger partial charge in [0.2, 0.25) is 0 Å². The zero-order valence-corrected chi connectivity index (χ0v) is 15.6. The van der Waals surface area contributed by atoms with Crippen molar-refractivity contribution in [1.29, 1.82) is 0 Å². The number of aliphatic imine (C=N–C) groups is 2. The van der Waals surface area contributed by atoms with Gasteiger partial charge in [-0.2, -0.15) is 0 Å².